The predicted octanol–water partition coefficient (Wildman–Crippen LogP) is 2.51. The SMILES string of the molecule is N#Cc1c(NC(=O)CCN2CCN(S(=O)(=O)c3cccs3)CC2)sc2c1CCC2. The summed E-state index contributed by atoms with van der Waals surface area (Å²) in [6.45, 7) is 2.64. The van der Waals surface area contributed by atoms with Gasteiger partial charge in [-0.3, -0.25) is 4.79 Å². The van der Waals surface area contributed by atoms with E-state index in [1.807, 2.05) is 0 Å². The number of sulfonamides is 1. The largest absolute Gasteiger partial charge is 0.317 e. The van der Waals surface area contributed by atoms with Crippen molar-refractivity contribution in [3.63, 3.8) is 0 Å². The molecule has 1 amide bonds. The number of nitriles is 1. The normalized spacial score (nSPS) is 17.8. The minimum absolute atomic E-state index is 0.102. The van der Waals surface area contributed by atoms with E-state index < -0.39 is 10.0 Å². The van der Waals surface area contributed by atoms with Gasteiger partial charge in [0.1, 0.15) is 15.3 Å². The second-order valence-corrected chi connectivity index (χ2v) is 11.4. The van der Waals surface area contributed by atoms with Crippen LogP contribution in [-0.2, 0) is 27.7 Å². The van der Waals surface area contributed by atoms with Gasteiger partial charge < -0.3 is 10.2 Å². The number of amides is 1. The van der Waals surface area contributed by atoms with Crippen LogP contribution in [0.4, 0.5) is 5.00 Å². The van der Waals surface area contributed by atoms with E-state index >= 15 is 0 Å². The second-order valence-electron chi connectivity index (χ2n) is 7.15. The van der Waals surface area contributed by atoms with E-state index in [9.17, 15) is 18.5 Å². The Balaban J connectivity index is 1.27. The molecule has 1 saturated heterocycles. The standard InChI is InChI=1S/C19H22N4O3S3/c20-13-15-14-3-1-4-16(14)28-19(15)21-17(24)6-7-22-8-10-23(11-9-22)29(25,26)18-5-2-12-27-18/h2,5,12H,1,3-4,6-11H2,(H,21,24). The highest BCUT2D eigenvalue weighted by Crippen LogP contribution is 2.38. The van der Waals surface area contributed by atoms with Gasteiger partial charge in [0, 0.05) is 44.0 Å². The fraction of sp³-hybridized carbons (Fsp3) is 0.474. The summed E-state index contributed by atoms with van der Waals surface area (Å²) < 4.78 is 27.0. The highest BCUT2D eigenvalue weighted by molar-refractivity contribution is 7.91. The Morgan fingerprint density at radius 1 is 1.24 bits per heavy atom. The molecule has 154 valence electrons. The molecule has 3 heterocycles. The van der Waals surface area contributed by atoms with E-state index in [1.54, 1.807) is 17.5 Å². The van der Waals surface area contributed by atoms with Crippen LogP contribution in [-0.4, -0.2) is 56.3 Å². The number of piperazine rings is 1. The van der Waals surface area contributed by atoms with Gasteiger partial charge in [0.05, 0.1) is 5.56 Å². The Kier molecular flexibility index (Phi) is 6.03. The fourth-order valence-electron chi connectivity index (χ4n) is 3.79. The van der Waals surface area contributed by atoms with Crippen molar-refractivity contribution >= 4 is 43.6 Å². The number of nitrogens with zero attached hydrogens (tertiary/aromatic N) is 3. The molecule has 29 heavy (non-hydrogen) atoms. The smallest absolute Gasteiger partial charge is 0.252 e. The summed E-state index contributed by atoms with van der Waals surface area (Å²) in [6.07, 6.45) is 3.32. The number of thiophene rings is 2. The number of hydrogen-bond acceptors (Lipinski definition) is 7. The zero-order valence-electron chi connectivity index (χ0n) is 15.9. The predicted molar refractivity (Wildman–Crippen MR) is 114 cm³/mol. The summed E-state index contributed by atoms with van der Waals surface area (Å²) in [5, 5.41) is 14.8. The molecule has 1 fully saturated rings. The summed E-state index contributed by atoms with van der Waals surface area (Å²) in [4.78, 5) is 15.7. The molecule has 1 aliphatic carbocycles. The van der Waals surface area contributed by atoms with Crippen LogP contribution in [0.15, 0.2) is 21.7 Å². The van der Waals surface area contributed by atoms with Crippen LogP contribution in [0.5, 0.6) is 0 Å². The molecule has 0 saturated carbocycles. The third-order valence-electron chi connectivity index (χ3n) is 5.36. The van der Waals surface area contributed by atoms with Crippen molar-refractivity contribution in [2.45, 2.75) is 29.9 Å². The molecule has 1 N–H and O–H groups in total. The number of nitrogens with one attached hydrogen (secondary N) is 1. The first kappa shape index (κ1) is 20.5. The maximum Gasteiger partial charge on any atom is 0.252 e. The summed E-state index contributed by atoms with van der Waals surface area (Å²) in [5.41, 5.74) is 1.74. The number of fused-ring (bicyclic) bond motifs is 1. The Labute approximate surface area is 178 Å². The summed E-state index contributed by atoms with van der Waals surface area (Å²) >= 11 is 2.76. The van der Waals surface area contributed by atoms with E-state index in [0.29, 0.717) is 53.9 Å². The first-order valence-corrected chi connectivity index (χ1v) is 12.7. The minimum atomic E-state index is -3.40. The van der Waals surface area contributed by atoms with Crippen LogP contribution < -0.4 is 5.32 Å². The molecule has 2 aliphatic rings. The third kappa shape index (κ3) is 4.25. The second kappa shape index (κ2) is 8.53. The van der Waals surface area contributed by atoms with Gasteiger partial charge in [0.15, 0.2) is 0 Å². The topological polar surface area (TPSA) is 93.5 Å². The first-order chi connectivity index (χ1) is 14.0. The highest BCUT2D eigenvalue weighted by atomic mass is 32.2. The summed E-state index contributed by atoms with van der Waals surface area (Å²) in [7, 11) is -3.40. The maximum atomic E-state index is 12.6. The molecule has 0 spiro atoms. The van der Waals surface area contributed by atoms with Crippen LogP contribution in [0.3, 0.4) is 0 Å². The zero-order chi connectivity index (χ0) is 20.4. The molecule has 0 bridgehead atoms. The molecular weight excluding hydrogens is 428 g/mol. The van der Waals surface area contributed by atoms with E-state index in [2.05, 4.69) is 16.3 Å². The molecule has 0 aromatic carbocycles. The summed E-state index contributed by atoms with van der Waals surface area (Å²) in [6, 6.07) is 5.62. The monoisotopic (exact) mass is 450 g/mol. The molecule has 10 heteroatoms. The van der Waals surface area contributed by atoms with Gasteiger partial charge in [-0.2, -0.15) is 9.57 Å². The minimum Gasteiger partial charge on any atom is -0.317 e. The van der Waals surface area contributed by atoms with Gasteiger partial charge >= 0.3 is 0 Å². The Morgan fingerprint density at radius 3 is 2.72 bits per heavy atom. The van der Waals surface area contributed by atoms with Gasteiger partial charge in [-0.1, -0.05) is 6.07 Å². The van der Waals surface area contributed by atoms with Crippen LogP contribution in [0, 0.1) is 11.3 Å². The molecule has 7 nitrogen and oxygen atoms in total. The van der Waals surface area contributed by atoms with E-state index in [1.165, 1.54) is 31.9 Å². The number of carbonyl (C=O) groups is 1. The van der Waals surface area contributed by atoms with Crippen molar-refractivity contribution in [3.05, 3.63) is 33.5 Å². The molecule has 0 atom stereocenters. The lowest BCUT2D eigenvalue weighted by atomic mass is 10.1. The fourth-order valence-corrected chi connectivity index (χ4v) is 7.61. The van der Waals surface area contributed by atoms with Gasteiger partial charge in [-0.15, -0.1) is 22.7 Å². The zero-order valence-corrected chi connectivity index (χ0v) is 18.3. The number of rotatable bonds is 6. The number of hydrogen-bond donors (Lipinski definition) is 1. The average Bonchev–Trinajstić information content (AvgIpc) is 3.44. The molecule has 1 aliphatic heterocycles. The molecule has 0 radical (unpaired) electrons. The quantitative estimate of drug-likeness (QED) is 0.730. The number of anilines is 1. The lowest BCUT2D eigenvalue weighted by Crippen LogP contribution is -2.48. The Hall–Kier alpha value is -1.77. The van der Waals surface area contributed by atoms with Crippen molar-refractivity contribution in [3.8, 4) is 6.07 Å². The van der Waals surface area contributed by atoms with Crippen molar-refractivity contribution in [1.29, 1.82) is 5.26 Å². The molecule has 2 aromatic heterocycles. The Morgan fingerprint density at radius 2 is 2.03 bits per heavy atom. The third-order valence-corrected chi connectivity index (χ3v) is 9.84. The lowest BCUT2D eigenvalue weighted by Gasteiger charge is -2.33. The van der Waals surface area contributed by atoms with Crippen molar-refractivity contribution in [2.24, 2.45) is 0 Å². The van der Waals surface area contributed by atoms with E-state index in [4.69, 9.17) is 0 Å². The van der Waals surface area contributed by atoms with Crippen LogP contribution in [0.25, 0.3) is 0 Å². The number of carbonyl (C=O) groups excluding carboxylic acids is 1. The van der Waals surface area contributed by atoms with Gasteiger partial charge in [0.25, 0.3) is 10.0 Å². The van der Waals surface area contributed by atoms with Crippen molar-refractivity contribution < 1.29 is 13.2 Å². The maximum absolute atomic E-state index is 12.6. The van der Waals surface area contributed by atoms with Crippen LogP contribution >= 0.6 is 22.7 Å². The van der Waals surface area contributed by atoms with Crippen LogP contribution in [0.1, 0.15) is 28.8 Å². The first-order valence-electron chi connectivity index (χ1n) is 9.59. The molecule has 2 aromatic rings. The van der Waals surface area contributed by atoms with E-state index in [-0.39, 0.29) is 5.91 Å². The number of aryl methyl sites for hydroxylation is 1. The van der Waals surface area contributed by atoms with Gasteiger partial charge in [-0.05, 0) is 36.3 Å². The highest BCUT2D eigenvalue weighted by Gasteiger charge is 2.29. The molecule has 0 unspecified atom stereocenters. The van der Waals surface area contributed by atoms with Crippen molar-refractivity contribution in [1.82, 2.24) is 9.21 Å². The van der Waals surface area contributed by atoms with Crippen LogP contribution in [0.2, 0.25) is 0 Å². The lowest BCUT2D eigenvalue weighted by molar-refractivity contribution is -0.116. The van der Waals surface area contributed by atoms with E-state index in [0.717, 1.165) is 24.8 Å². The van der Waals surface area contributed by atoms with Crippen molar-refractivity contribution in [2.75, 3.05) is 38.0 Å². The van der Waals surface area contributed by atoms with Gasteiger partial charge in [-0.25, -0.2) is 8.42 Å². The Bertz CT molecular complexity index is 1030. The summed E-state index contributed by atoms with van der Waals surface area (Å²) in [5.74, 6) is -0.102. The molecule has 4 rings (SSSR count). The van der Waals surface area contributed by atoms with Gasteiger partial charge in [0.2, 0.25) is 5.91 Å². The molecular formula is C19H22N4O3S3. The average molecular weight is 451 g/mol.